The van der Waals surface area contributed by atoms with Gasteiger partial charge in [0.15, 0.2) is 0 Å². The summed E-state index contributed by atoms with van der Waals surface area (Å²) in [4.78, 5) is 12.3. The highest BCUT2D eigenvalue weighted by Gasteiger charge is 2.34. The lowest BCUT2D eigenvalue weighted by Gasteiger charge is -2.27. The van der Waals surface area contributed by atoms with E-state index in [4.69, 9.17) is 26.8 Å². The molecule has 3 aromatic rings. The lowest BCUT2D eigenvalue weighted by atomic mass is 9.83. The van der Waals surface area contributed by atoms with Crippen molar-refractivity contribution in [3.8, 4) is 17.6 Å². The average Bonchev–Trinajstić information content (AvgIpc) is 2.74. The second-order valence-corrected chi connectivity index (χ2v) is 6.92. The van der Waals surface area contributed by atoms with Gasteiger partial charge in [-0.3, -0.25) is 0 Å². The highest BCUT2D eigenvalue weighted by molar-refractivity contribution is 6.31. The Balaban J connectivity index is 1.76. The van der Waals surface area contributed by atoms with E-state index in [1.165, 1.54) is 24.3 Å². The Morgan fingerprint density at radius 3 is 2.60 bits per heavy atom. The fourth-order valence-corrected chi connectivity index (χ4v) is 3.59. The first-order valence-electron chi connectivity index (χ1n) is 8.92. The zero-order valence-electron chi connectivity index (χ0n) is 15.4. The largest absolute Gasteiger partial charge is 0.440 e. The summed E-state index contributed by atoms with van der Waals surface area (Å²) in [6, 6.07) is 19.4. The van der Waals surface area contributed by atoms with Crippen LogP contribution in [0.1, 0.15) is 27.4 Å². The van der Waals surface area contributed by atoms with Crippen molar-refractivity contribution in [2.75, 3.05) is 0 Å². The van der Waals surface area contributed by atoms with E-state index in [2.05, 4.69) is 0 Å². The predicted octanol–water partition coefficient (Wildman–Crippen LogP) is 4.92. The summed E-state index contributed by atoms with van der Waals surface area (Å²) >= 11 is 6.24. The predicted molar refractivity (Wildman–Crippen MR) is 109 cm³/mol. The number of hydrogen-bond donors (Lipinski definition) is 1. The molecule has 7 heteroatoms. The highest BCUT2D eigenvalue weighted by atomic mass is 35.5. The molecule has 4 rings (SSSR count). The molecule has 1 unspecified atom stereocenters. The van der Waals surface area contributed by atoms with Crippen LogP contribution in [0.15, 0.2) is 78.2 Å². The molecule has 0 aromatic heterocycles. The summed E-state index contributed by atoms with van der Waals surface area (Å²) in [6.07, 6.45) is 0. The molecule has 3 aromatic carbocycles. The fourth-order valence-electron chi connectivity index (χ4n) is 3.32. The molecule has 0 radical (unpaired) electrons. The molecule has 1 aliphatic heterocycles. The summed E-state index contributed by atoms with van der Waals surface area (Å²) in [6.45, 7) is 0. The highest BCUT2D eigenvalue weighted by Crippen LogP contribution is 2.46. The minimum atomic E-state index is -0.855. The molecule has 5 nitrogen and oxygen atoms in total. The molecule has 0 aliphatic carbocycles. The Labute approximate surface area is 176 Å². The van der Waals surface area contributed by atoms with E-state index in [1.807, 2.05) is 6.07 Å². The maximum Gasteiger partial charge on any atom is 0.343 e. The van der Waals surface area contributed by atoms with Crippen LogP contribution >= 0.6 is 11.6 Å². The van der Waals surface area contributed by atoms with Crippen molar-refractivity contribution in [2.45, 2.75) is 5.92 Å². The first-order valence-corrected chi connectivity index (χ1v) is 9.30. The van der Waals surface area contributed by atoms with Crippen LogP contribution in [0.5, 0.6) is 11.5 Å². The number of nitrogens with two attached hydrogens (primary N) is 1. The van der Waals surface area contributed by atoms with Gasteiger partial charge in [0.2, 0.25) is 5.88 Å². The topological polar surface area (TPSA) is 85.3 Å². The molecule has 0 amide bonds. The molecular formula is C23H14ClFN2O3. The zero-order valence-corrected chi connectivity index (χ0v) is 16.2. The van der Waals surface area contributed by atoms with Crippen molar-refractivity contribution in [3.05, 3.63) is 106 Å². The number of hydrogen-bond acceptors (Lipinski definition) is 5. The van der Waals surface area contributed by atoms with E-state index in [9.17, 15) is 14.4 Å². The van der Waals surface area contributed by atoms with Crippen molar-refractivity contribution >= 4 is 17.6 Å². The van der Waals surface area contributed by atoms with Crippen LogP contribution in [0.3, 0.4) is 0 Å². The number of esters is 1. The summed E-state index contributed by atoms with van der Waals surface area (Å²) < 4.78 is 25.6. The number of carbonyl (C=O) groups is 1. The van der Waals surface area contributed by atoms with Crippen LogP contribution in [0, 0.1) is 17.1 Å². The molecule has 2 N–H and O–H groups in total. The van der Waals surface area contributed by atoms with Crippen molar-refractivity contribution in [2.24, 2.45) is 5.73 Å². The number of ether oxygens (including phenoxy) is 2. The van der Waals surface area contributed by atoms with Crippen molar-refractivity contribution in [3.63, 3.8) is 0 Å². The first kappa shape index (κ1) is 19.5. The number of nitrogens with zero attached hydrogens (tertiary/aromatic N) is 1. The minimum absolute atomic E-state index is 0.0449. The second-order valence-electron chi connectivity index (χ2n) is 6.52. The Morgan fingerprint density at radius 2 is 1.90 bits per heavy atom. The molecule has 0 bridgehead atoms. The second kappa shape index (κ2) is 7.90. The van der Waals surface area contributed by atoms with Crippen molar-refractivity contribution in [1.29, 1.82) is 5.26 Å². The van der Waals surface area contributed by atoms with Crippen molar-refractivity contribution < 1.29 is 18.7 Å². The number of allylic oxidation sites excluding steroid dienone is 1. The molecule has 1 heterocycles. The number of benzene rings is 3. The van der Waals surface area contributed by atoms with Crippen LogP contribution in [-0.4, -0.2) is 5.97 Å². The maximum atomic E-state index is 14.6. The third kappa shape index (κ3) is 3.47. The molecule has 0 saturated carbocycles. The molecule has 148 valence electrons. The SMILES string of the molecule is N#CC1=C(N)Oc2cc(OC(=O)c3ccccc3)ccc2C1c1c(F)cccc1Cl. The van der Waals surface area contributed by atoms with Gasteiger partial charge in [-0.25, -0.2) is 9.18 Å². The monoisotopic (exact) mass is 420 g/mol. The number of halogens is 2. The van der Waals surface area contributed by atoms with Crippen LogP contribution in [0.4, 0.5) is 4.39 Å². The summed E-state index contributed by atoms with van der Waals surface area (Å²) in [7, 11) is 0. The van der Waals surface area contributed by atoms with Gasteiger partial charge < -0.3 is 15.2 Å². The van der Waals surface area contributed by atoms with Gasteiger partial charge in [0.05, 0.1) is 11.5 Å². The van der Waals surface area contributed by atoms with Gasteiger partial charge in [-0.15, -0.1) is 0 Å². The molecular weight excluding hydrogens is 407 g/mol. The van der Waals surface area contributed by atoms with Gasteiger partial charge in [0.25, 0.3) is 0 Å². The summed E-state index contributed by atoms with van der Waals surface area (Å²) in [5.41, 5.74) is 6.97. The van der Waals surface area contributed by atoms with Gasteiger partial charge in [0.1, 0.15) is 29.0 Å². The van der Waals surface area contributed by atoms with E-state index in [1.54, 1.807) is 42.5 Å². The van der Waals surface area contributed by atoms with Gasteiger partial charge in [-0.2, -0.15) is 5.26 Å². The first-order chi connectivity index (χ1) is 14.5. The normalized spacial score (nSPS) is 15.0. The van der Waals surface area contributed by atoms with E-state index >= 15 is 0 Å². The third-order valence-corrected chi connectivity index (χ3v) is 5.03. The number of fused-ring (bicyclic) bond motifs is 1. The van der Waals surface area contributed by atoms with E-state index in [-0.39, 0.29) is 33.5 Å². The molecule has 0 fully saturated rings. The zero-order chi connectivity index (χ0) is 21.3. The van der Waals surface area contributed by atoms with Gasteiger partial charge in [0, 0.05) is 22.2 Å². The van der Waals surface area contributed by atoms with E-state index < -0.39 is 17.7 Å². The molecule has 30 heavy (non-hydrogen) atoms. The van der Waals surface area contributed by atoms with Crippen LogP contribution in [-0.2, 0) is 0 Å². The molecule has 1 atom stereocenters. The molecule has 1 aliphatic rings. The van der Waals surface area contributed by atoms with Crippen LogP contribution in [0.2, 0.25) is 5.02 Å². The quantitative estimate of drug-likeness (QED) is 0.480. The average molecular weight is 421 g/mol. The van der Waals surface area contributed by atoms with Gasteiger partial charge in [-0.1, -0.05) is 41.9 Å². The Morgan fingerprint density at radius 1 is 1.13 bits per heavy atom. The number of nitriles is 1. The lowest BCUT2D eigenvalue weighted by molar-refractivity contribution is 0.0734. The smallest absolute Gasteiger partial charge is 0.343 e. The van der Waals surface area contributed by atoms with Crippen LogP contribution < -0.4 is 15.2 Å². The standard InChI is InChI=1S/C23H14ClFN2O3/c24-17-7-4-8-18(25)21(17)20-15-10-9-14(11-19(15)30-22(27)16(20)12-26)29-23(28)13-5-2-1-3-6-13/h1-11,20H,27H2. The third-order valence-electron chi connectivity index (χ3n) is 4.70. The maximum absolute atomic E-state index is 14.6. The molecule has 0 spiro atoms. The van der Waals surface area contributed by atoms with Gasteiger partial charge >= 0.3 is 5.97 Å². The Kier molecular flexibility index (Phi) is 5.13. The van der Waals surface area contributed by atoms with E-state index in [0.29, 0.717) is 11.1 Å². The van der Waals surface area contributed by atoms with Crippen LogP contribution in [0.25, 0.3) is 0 Å². The fraction of sp³-hybridized carbons (Fsp3) is 0.0435. The minimum Gasteiger partial charge on any atom is -0.440 e. The number of rotatable bonds is 3. The summed E-state index contributed by atoms with van der Waals surface area (Å²) in [5, 5.41) is 9.76. The Bertz CT molecular complexity index is 1200. The lowest BCUT2D eigenvalue weighted by Crippen LogP contribution is -2.22. The van der Waals surface area contributed by atoms with Crippen molar-refractivity contribution in [1.82, 2.24) is 0 Å². The molecule has 0 saturated heterocycles. The Hall–Kier alpha value is -3.82. The summed E-state index contributed by atoms with van der Waals surface area (Å²) in [5.74, 6) is -1.67. The number of carbonyl (C=O) groups excluding carboxylic acids is 1. The van der Waals surface area contributed by atoms with Gasteiger partial charge in [-0.05, 0) is 30.3 Å². The van der Waals surface area contributed by atoms with E-state index in [0.717, 1.165) is 0 Å².